The summed E-state index contributed by atoms with van der Waals surface area (Å²) in [5.41, 5.74) is 0.432. The molecule has 3 rings (SSSR count). The molecule has 2 amide bonds. The number of rotatable bonds is 4. The average molecular weight is 266 g/mol. The van der Waals surface area contributed by atoms with Crippen molar-refractivity contribution in [1.29, 1.82) is 0 Å². The minimum atomic E-state index is -0.398. The summed E-state index contributed by atoms with van der Waals surface area (Å²) in [5.74, 6) is 0.826. The van der Waals surface area contributed by atoms with Crippen molar-refractivity contribution in [3.8, 4) is 0 Å². The van der Waals surface area contributed by atoms with Crippen molar-refractivity contribution >= 4 is 11.8 Å². The van der Waals surface area contributed by atoms with Gasteiger partial charge >= 0.3 is 0 Å². The highest BCUT2D eigenvalue weighted by atomic mass is 16.3. The number of carbonyl (C=O) groups excluding carboxylic acids is 2. The molecule has 5 nitrogen and oxygen atoms in total. The summed E-state index contributed by atoms with van der Waals surface area (Å²) in [6, 6.07) is 0. The molecule has 106 valence electrons. The van der Waals surface area contributed by atoms with E-state index in [9.17, 15) is 9.59 Å². The Labute approximate surface area is 113 Å². The topological polar surface area (TPSA) is 69.6 Å². The molecule has 1 unspecified atom stereocenters. The number of nitrogens with one attached hydrogen (secondary N) is 1. The van der Waals surface area contributed by atoms with Gasteiger partial charge in [0.1, 0.15) is 6.61 Å². The molecule has 5 heteroatoms. The van der Waals surface area contributed by atoms with Crippen LogP contribution in [0.15, 0.2) is 0 Å². The van der Waals surface area contributed by atoms with Gasteiger partial charge in [-0.2, -0.15) is 0 Å². The van der Waals surface area contributed by atoms with Crippen LogP contribution in [-0.4, -0.2) is 48.1 Å². The maximum Gasteiger partial charge on any atom is 0.248 e. The number of nitrogens with zero attached hydrogens (tertiary/aromatic N) is 1. The van der Waals surface area contributed by atoms with Crippen LogP contribution in [0, 0.1) is 17.3 Å². The molecular weight excluding hydrogens is 244 g/mol. The van der Waals surface area contributed by atoms with E-state index in [1.807, 2.05) is 0 Å². The van der Waals surface area contributed by atoms with Crippen molar-refractivity contribution in [2.24, 2.45) is 17.3 Å². The molecule has 0 radical (unpaired) electrons. The predicted octanol–water partition coefficient (Wildman–Crippen LogP) is 0.134. The zero-order valence-corrected chi connectivity index (χ0v) is 11.2. The van der Waals surface area contributed by atoms with Gasteiger partial charge in [0, 0.05) is 25.6 Å². The first-order chi connectivity index (χ1) is 9.14. The smallest absolute Gasteiger partial charge is 0.248 e. The fourth-order valence-corrected chi connectivity index (χ4v) is 3.29. The summed E-state index contributed by atoms with van der Waals surface area (Å²) < 4.78 is 0. The number of likely N-dealkylation sites (tertiary alicyclic amines) is 1. The van der Waals surface area contributed by atoms with Crippen LogP contribution in [0.5, 0.6) is 0 Å². The second-order valence-corrected chi connectivity index (χ2v) is 6.35. The summed E-state index contributed by atoms with van der Waals surface area (Å²) in [4.78, 5) is 24.9. The molecule has 1 aliphatic heterocycles. The zero-order chi connectivity index (χ0) is 13.5. The van der Waals surface area contributed by atoms with E-state index in [1.165, 1.54) is 12.8 Å². The van der Waals surface area contributed by atoms with E-state index in [1.54, 1.807) is 4.90 Å². The van der Waals surface area contributed by atoms with Crippen molar-refractivity contribution in [3.05, 3.63) is 0 Å². The van der Waals surface area contributed by atoms with Crippen LogP contribution in [0.1, 0.15) is 32.1 Å². The van der Waals surface area contributed by atoms with Gasteiger partial charge in [-0.25, -0.2) is 0 Å². The lowest BCUT2D eigenvalue weighted by molar-refractivity contribution is -0.135. The van der Waals surface area contributed by atoms with Gasteiger partial charge in [-0.05, 0) is 43.4 Å². The van der Waals surface area contributed by atoms with E-state index in [2.05, 4.69) is 5.32 Å². The summed E-state index contributed by atoms with van der Waals surface area (Å²) in [6.45, 7) is 1.75. The fourth-order valence-electron chi connectivity index (χ4n) is 3.29. The molecule has 2 saturated carbocycles. The molecule has 19 heavy (non-hydrogen) atoms. The van der Waals surface area contributed by atoms with Gasteiger partial charge in [-0.3, -0.25) is 9.59 Å². The highest BCUT2D eigenvalue weighted by Crippen LogP contribution is 2.70. The standard InChI is InChI=1S/C14H22N2O3/c17-9-12(18)16-5-1-10(2-6-16)8-15-13(19)11-7-14(11)3-4-14/h10-11,17H,1-9H2,(H,15,19). The first-order valence-corrected chi connectivity index (χ1v) is 7.31. The van der Waals surface area contributed by atoms with Gasteiger partial charge in [0.05, 0.1) is 0 Å². The Morgan fingerprint density at radius 2 is 1.95 bits per heavy atom. The van der Waals surface area contributed by atoms with Gasteiger partial charge in [-0.15, -0.1) is 0 Å². The third kappa shape index (κ3) is 2.61. The molecule has 1 saturated heterocycles. The highest BCUT2D eigenvalue weighted by molar-refractivity contribution is 5.83. The molecule has 1 heterocycles. The molecule has 2 aliphatic carbocycles. The number of aliphatic hydroxyl groups is 1. The lowest BCUT2D eigenvalue weighted by Gasteiger charge is -2.31. The largest absolute Gasteiger partial charge is 0.387 e. The zero-order valence-electron chi connectivity index (χ0n) is 11.2. The Morgan fingerprint density at radius 3 is 2.47 bits per heavy atom. The van der Waals surface area contributed by atoms with Crippen molar-refractivity contribution in [2.75, 3.05) is 26.2 Å². The second-order valence-electron chi connectivity index (χ2n) is 6.35. The molecular formula is C14H22N2O3. The number of aliphatic hydroxyl groups excluding tert-OH is 1. The molecule has 3 fully saturated rings. The lowest BCUT2D eigenvalue weighted by atomic mass is 9.96. The normalized spacial score (nSPS) is 28.3. The third-order valence-electron chi connectivity index (χ3n) is 5.07. The summed E-state index contributed by atoms with van der Waals surface area (Å²) >= 11 is 0. The van der Waals surface area contributed by atoms with Gasteiger partial charge in [0.15, 0.2) is 0 Å². The Kier molecular flexibility index (Phi) is 3.25. The summed E-state index contributed by atoms with van der Waals surface area (Å²) in [6.07, 6.45) is 5.42. The van der Waals surface area contributed by atoms with Crippen LogP contribution in [0.2, 0.25) is 0 Å². The number of amides is 2. The van der Waals surface area contributed by atoms with E-state index < -0.39 is 6.61 Å². The van der Waals surface area contributed by atoms with Crippen molar-refractivity contribution in [3.63, 3.8) is 0 Å². The first-order valence-electron chi connectivity index (χ1n) is 7.31. The van der Waals surface area contributed by atoms with Gasteiger partial charge in [0.2, 0.25) is 11.8 Å². The molecule has 0 aromatic heterocycles. The van der Waals surface area contributed by atoms with Gasteiger partial charge < -0.3 is 15.3 Å². The monoisotopic (exact) mass is 266 g/mol. The molecule has 0 bridgehead atoms. The predicted molar refractivity (Wildman–Crippen MR) is 69.2 cm³/mol. The van der Waals surface area contributed by atoms with Crippen LogP contribution < -0.4 is 5.32 Å². The second kappa shape index (κ2) is 4.78. The summed E-state index contributed by atoms with van der Waals surface area (Å²) in [7, 11) is 0. The number of piperidine rings is 1. The molecule has 1 atom stereocenters. The minimum absolute atomic E-state index is 0.184. The average Bonchev–Trinajstić information content (AvgIpc) is 3.36. The van der Waals surface area contributed by atoms with Crippen molar-refractivity contribution < 1.29 is 14.7 Å². The number of hydrogen-bond acceptors (Lipinski definition) is 3. The minimum Gasteiger partial charge on any atom is -0.387 e. The van der Waals surface area contributed by atoms with E-state index in [0.717, 1.165) is 25.8 Å². The van der Waals surface area contributed by atoms with E-state index in [0.29, 0.717) is 30.3 Å². The Hall–Kier alpha value is -1.10. The quantitative estimate of drug-likeness (QED) is 0.760. The third-order valence-corrected chi connectivity index (χ3v) is 5.07. The summed E-state index contributed by atoms with van der Waals surface area (Å²) in [5, 5.41) is 11.9. The Balaban J connectivity index is 1.36. The molecule has 2 N–H and O–H groups in total. The molecule has 0 aromatic carbocycles. The van der Waals surface area contributed by atoms with E-state index >= 15 is 0 Å². The molecule has 0 aromatic rings. The van der Waals surface area contributed by atoms with Crippen LogP contribution in [0.25, 0.3) is 0 Å². The van der Waals surface area contributed by atoms with Crippen LogP contribution in [0.4, 0.5) is 0 Å². The Morgan fingerprint density at radius 1 is 1.26 bits per heavy atom. The molecule has 3 aliphatic rings. The van der Waals surface area contributed by atoms with E-state index in [4.69, 9.17) is 5.11 Å². The van der Waals surface area contributed by atoms with E-state index in [-0.39, 0.29) is 11.8 Å². The number of carbonyl (C=O) groups is 2. The SMILES string of the molecule is O=C(NCC1CCN(C(=O)CO)CC1)C1CC12CC2. The maximum atomic E-state index is 11.9. The number of hydrogen-bond donors (Lipinski definition) is 2. The van der Waals surface area contributed by atoms with Gasteiger partial charge in [-0.1, -0.05) is 0 Å². The first kappa shape index (κ1) is 12.9. The van der Waals surface area contributed by atoms with Crippen LogP contribution in [-0.2, 0) is 9.59 Å². The fraction of sp³-hybridized carbons (Fsp3) is 0.857. The highest BCUT2D eigenvalue weighted by Gasteiger charge is 2.65. The lowest BCUT2D eigenvalue weighted by Crippen LogP contribution is -2.42. The van der Waals surface area contributed by atoms with Crippen molar-refractivity contribution in [1.82, 2.24) is 10.2 Å². The van der Waals surface area contributed by atoms with Crippen LogP contribution in [0.3, 0.4) is 0 Å². The van der Waals surface area contributed by atoms with Crippen LogP contribution >= 0.6 is 0 Å². The van der Waals surface area contributed by atoms with Crippen molar-refractivity contribution in [2.45, 2.75) is 32.1 Å². The van der Waals surface area contributed by atoms with Gasteiger partial charge in [0.25, 0.3) is 0 Å². The Bertz CT molecular complexity index is 384. The molecule has 1 spiro atoms. The maximum absolute atomic E-state index is 11.9.